The average Bonchev–Trinajstić information content (AvgIpc) is 2.25. The molecule has 0 aromatic carbocycles. The zero-order chi connectivity index (χ0) is 10.1. The molecule has 0 bridgehead atoms. The first-order chi connectivity index (χ1) is 6.93. The van der Waals surface area contributed by atoms with E-state index in [9.17, 15) is 0 Å². The molecule has 14 heavy (non-hydrogen) atoms. The predicted octanol–water partition coefficient (Wildman–Crippen LogP) is 3.18. The van der Waals surface area contributed by atoms with E-state index in [0.717, 1.165) is 6.42 Å². The van der Waals surface area contributed by atoms with Crippen LogP contribution in [-0.4, -0.2) is 9.97 Å². The van der Waals surface area contributed by atoms with Gasteiger partial charge in [-0.05, 0) is 18.4 Å². The van der Waals surface area contributed by atoms with Crippen LogP contribution >= 0.6 is 0 Å². The molecule has 77 valence electrons. The van der Waals surface area contributed by atoms with E-state index in [0.29, 0.717) is 0 Å². The van der Waals surface area contributed by atoms with Crippen LogP contribution in [0.15, 0.2) is 12.4 Å². The second kappa shape index (κ2) is 7.48. The molecule has 1 aromatic heterocycles. The largest absolute Gasteiger partial charge is 0.234 e. The maximum Gasteiger partial charge on any atom is 0.197 e. The van der Waals surface area contributed by atoms with Crippen LogP contribution in [0.3, 0.4) is 0 Å². The van der Waals surface area contributed by atoms with Crippen molar-refractivity contribution in [1.29, 1.82) is 0 Å². The summed E-state index contributed by atoms with van der Waals surface area (Å²) in [5.41, 5.74) is 1.24. The molecule has 1 heterocycles. The van der Waals surface area contributed by atoms with E-state index in [2.05, 4.69) is 23.2 Å². The van der Waals surface area contributed by atoms with E-state index in [4.69, 9.17) is 0 Å². The molecular formula is C12H19N2. The smallest absolute Gasteiger partial charge is 0.197 e. The van der Waals surface area contributed by atoms with Crippen molar-refractivity contribution >= 4 is 0 Å². The van der Waals surface area contributed by atoms with Gasteiger partial charge in [0.25, 0.3) is 0 Å². The van der Waals surface area contributed by atoms with Crippen molar-refractivity contribution in [3.8, 4) is 0 Å². The molecule has 0 saturated carbocycles. The molecule has 1 radical (unpaired) electrons. The Kier molecular flexibility index (Phi) is 5.96. The highest BCUT2D eigenvalue weighted by molar-refractivity contribution is 5.01. The summed E-state index contributed by atoms with van der Waals surface area (Å²) in [6, 6.07) is 0. The molecule has 2 nitrogen and oxygen atoms in total. The Morgan fingerprint density at radius 3 is 2.36 bits per heavy atom. The Morgan fingerprint density at radius 2 is 1.64 bits per heavy atom. The summed E-state index contributed by atoms with van der Waals surface area (Å²) in [6.45, 7) is 2.25. The molecule has 0 spiro atoms. The van der Waals surface area contributed by atoms with Crippen molar-refractivity contribution in [2.45, 2.75) is 51.9 Å². The number of nitrogens with zero attached hydrogens (tertiary/aromatic N) is 2. The van der Waals surface area contributed by atoms with Gasteiger partial charge in [0.1, 0.15) is 0 Å². The summed E-state index contributed by atoms with van der Waals surface area (Å²) >= 11 is 0. The van der Waals surface area contributed by atoms with E-state index in [1.165, 1.54) is 44.1 Å². The normalized spacial score (nSPS) is 10.4. The van der Waals surface area contributed by atoms with Crippen molar-refractivity contribution in [3.05, 3.63) is 24.3 Å². The highest BCUT2D eigenvalue weighted by atomic mass is 14.8. The van der Waals surface area contributed by atoms with E-state index < -0.39 is 0 Å². The first kappa shape index (κ1) is 11.2. The quantitative estimate of drug-likeness (QED) is 0.619. The van der Waals surface area contributed by atoms with Crippen molar-refractivity contribution in [2.75, 3.05) is 0 Å². The lowest BCUT2D eigenvalue weighted by Gasteiger charge is -2.00. The van der Waals surface area contributed by atoms with Gasteiger partial charge in [-0.2, -0.15) is 0 Å². The van der Waals surface area contributed by atoms with Crippen molar-refractivity contribution in [2.24, 2.45) is 0 Å². The predicted molar refractivity (Wildman–Crippen MR) is 57.9 cm³/mol. The van der Waals surface area contributed by atoms with Crippen molar-refractivity contribution in [1.82, 2.24) is 9.97 Å². The molecule has 0 fully saturated rings. The first-order valence-corrected chi connectivity index (χ1v) is 5.60. The number of hydrogen-bond donors (Lipinski definition) is 0. The second-order valence-electron chi connectivity index (χ2n) is 3.71. The molecule has 2 heteroatoms. The van der Waals surface area contributed by atoms with Gasteiger partial charge in [-0.3, -0.25) is 0 Å². The standard InChI is InChI=1S/C12H19N2/c1-2-3-4-5-6-7-8-12-9-13-11-14-10-12/h9-10H,2-8H2,1H3. The fourth-order valence-corrected chi connectivity index (χ4v) is 1.53. The maximum absolute atomic E-state index is 3.88. The molecule has 0 saturated heterocycles. The third-order valence-corrected chi connectivity index (χ3v) is 2.40. The van der Waals surface area contributed by atoms with E-state index >= 15 is 0 Å². The van der Waals surface area contributed by atoms with E-state index in [-0.39, 0.29) is 0 Å². The maximum atomic E-state index is 3.88. The summed E-state index contributed by atoms with van der Waals surface area (Å²) in [5.74, 6) is 0. The zero-order valence-corrected chi connectivity index (χ0v) is 9.00. The van der Waals surface area contributed by atoms with Gasteiger partial charge in [0.2, 0.25) is 0 Å². The van der Waals surface area contributed by atoms with Crippen LogP contribution in [0.2, 0.25) is 0 Å². The van der Waals surface area contributed by atoms with Gasteiger partial charge in [-0.15, -0.1) is 0 Å². The lowest BCUT2D eigenvalue weighted by Crippen LogP contribution is -1.88. The van der Waals surface area contributed by atoms with Gasteiger partial charge in [0.05, 0.1) is 0 Å². The number of unbranched alkanes of at least 4 members (excludes halogenated alkanes) is 5. The number of hydrogen-bond acceptors (Lipinski definition) is 2. The fraction of sp³-hybridized carbons (Fsp3) is 0.667. The van der Waals surface area contributed by atoms with E-state index in [1.54, 1.807) is 0 Å². The van der Waals surface area contributed by atoms with Crippen LogP contribution in [0.25, 0.3) is 0 Å². The van der Waals surface area contributed by atoms with Gasteiger partial charge >= 0.3 is 0 Å². The van der Waals surface area contributed by atoms with Crippen molar-refractivity contribution < 1.29 is 0 Å². The van der Waals surface area contributed by atoms with E-state index in [1.807, 2.05) is 12.4 Å². The summed E-state index contributed by atoms with van der Waals surface area (Å²) in [7, 11) is 0. The molecular weight excluding hydrogens is 172 g/mol. The summed E-state index contributed by atoms with van der Waals surface area (Å²) in [6.07, 6.45) is 15.4. The van der Waals surface area contributed by atoms with Crippen LogP contribution in [0.5, 0.6) is 0 Å². The molecule has 0 unspecified atom stereocenters. The molecule has 1 aromatic rings. The zero-order valence-electron chi connectivity index (χ0n) is 9.00. The van der Waals surface area contributed by atoms with Gasteiger partial charge in [-0.1, -0.05) is 39.0 Å². The van der Waals surface area contributed by atoms with Crippen LogP contribution in [0, 0.1) is 6.33 Å². The van der Waals surface area contributed by atoms with Crippen LogP contribution in [0.4, 0.5) is 0 Å². The van der Waals surface area contributed by atoms with Crippen LogP contribution in [-0.2, 0) is 6.42 Å². The van der Waals surface area contributed by atoms with Gasteiger partial charge in [0, 0.05) is 12.4 Å². The lowest BCUT2D eigenvalue weighted by atomic mass is 10.1. The minimum Gasteiger partial charge on any atom is -0.234 e. The third-order valence-electron chi connectivity index (χ3n) is 2.40. The minimum absolute atomic E-state index is 1.11. The molecule has 0 amide bonds. The Morgan fingerprint density at radius 1 is 1.00 bits per heavy atom. The van der Waals surface area contributed by atoms with Crippen LogP contribution in [0.1, 0.15) is 51.0 Å². The highest BCUT2D eigenvalue weighted by Crippen LogP contribution is 2.08. The number of rotatable bonds is 7. The first-order valence-electron chi connectivity index (χ1n) is 5.60. The number of aromatic nitrogens is 2. The topological polar surface area (TPSA) is 25.8 Å². The van der Waals surface area contributed by atoms with Gasteiger partial charge in [0.15, 0.2) is 6.33 Å². The summed E-state index contributed by atoms with van der Waals surface area (Å²) in [5, 5.41) is 0. The van der Waals surface area contributed by atoms with Gasteiger partial charge in [-0.25, -0.2) is 9.97 Å². The summed E-state index contributed by atoms with van der Waals surface area (Å²) in [4.78, 5) is 7.75. The monoisotopic (exact) mass is 191 g/mol. The molecule has 0 atom stereocenters. The molecule has 1 rings (SSSR count). The molecule has 0 aliphatic heterocycles. The van der Waals surface area contributed by atoms with Crippen molar-refractivity contribution in [3.63, 3.8) is 0 Å². The highest BCUT2D eigenvalue weighted by Gasteiger charge is 1.93. The minimum atomic E-state index is 1.11. The summed E-state index contributed by atoms with van der Waals surface area (Å²) < 4.78 is 0. The number of aryl methyl sites for hydroxylation is 1. The molecule has 0 aliphatic carbocycles. The van der Waals surface area contributed by atoms with Crippen LogP contribution < -0.4 is 0 Å². The Hall–Kier alpha value is -0.920. The fourth-order valence-electron chi connectivity index (χ4n) is 1.53. The Labute approximate surface area is 86.8 Å². The average molecular weight is 191 g/mol. The second-order valence-corrected chi connectivity index (χ2v) is 3.71. The third kappa shape index (κ3) is 4.95. The van der Waals surface area contributed by atoms with Gasteiger partial charge < -0.3 is 0 Å². The molecule has 0 N–H and O–H groups in total. The Bertz CT molecular complexity index is 221. The SMILES string of the molecule is CCCCCCCCc1cn[c]nc1. The Balaban J connectivity index is 1.99. The lowest BCUT2D eigenvalue weighted by molar-refractivity contribution is 0.606. The molecule has 0 aliphatic rings.